The van der Waals surface area contributed by atoms with Crippen molar-refractivity contribution in [2.45, 2.75) is 37.8 Å². The highest BCUT2D eigenvalue weighted by Gasteiger charge is 2.28. The van der Waals surface area contributed by atoms with E-state index in [0.717, 1.165) is 42.5 Å². The molecule has 0 spiro atoms. The molecule has 0 aliphatic heterocycles. The number of alkyl halides is 1. The van der Waals surface area contributed by atoms with Crippen molar-refractivity contribution < 1.29 is 4.74 Å². The van der Waals surface area contributed by atoms with E-state index in [1.165, 1.54) is 0 Å². The Kier molecular flexibility index (Phi) is 3.71. The molecule has 0 bridgehead atoms. The number of halogens is 1. The largest absolute Gasteiger partial charge is 0.381 e. The average molecular weight is 280 g/mol. The summed E-state index contributed by atoms with van der Waals surface area (Å²) >= 11 is 5.90. The second kappa shape index (κ2) is 5.47. The van der Waals surface area contributed by atoms with E-state index in [1.807, 2.05) is 18.5 Å². The highest BCUT2D eigenvalue weighted by molar-refractivity contribution is 6.17. The topological polar surface area (TPSA) is 39.9 Å². The van der Waals surface area contributed by atoms with Crippen LogP contribution in [-0.2, 0) is 11.2 Å². The van der Waals surface area contributed by atoms with Gasteiger partial charge in [0.05, 0.1) is 17.8 Å². The lowest BCUT2D eigenvalue weighted by atomic mass is 10.2. The molecule has 0 amide bonds. The Balaban J connectivity index is 2.02. The van der Waals surface area contributed by atoms with E-state index in [4.69, 9.17) is 16.3 Å². The first kappa shape index (κ1) is 12.9. The van der Waals surface area contributed by atoms with Crippen molar-refractivity contribution in [1.82, 2.24) is 14.5 Å². The van der Waals surface area contributed by atoms with Gasteiger partial charge in [-0.1, -0.05) is 0 Å². The summed E-state index contributed by atoms with van der Waals surface area (Å²) in [5, 5.41) is 0. The van der Waals surface area contributed by atoms with E-state index in [2.05, 4.69) is 14.5 Å². The monoisotopic (exact) mass is 279 g/mol. The van der Waals surface area contributed by atoms with Gasteiger partial charge in [-0.25, -0.2) is 4.98 Å². The number of imidazole rings is 1. The molecular formula is C14H18ClN3O. The Hall–Kier alpha value is -1.13. The van der Waals surface area contributed by atoms with Gasteiger partial charge in [0.1, 0.15) is 11.3 Å². The predicted molar refractivity (Wildman–Crippen MR) is 75.6 cm³/mol. The van der Waals surface area contributed by atoms with Crippen LogP contribution in [-0.4, -0.2) is 33.6 Å². The van der Waals surface area contributed by atoms with Crippen molar-refractivity contribution in [2.75, 3.05) is 13.0 Å². The van der Waals surface area contributed by atoms with Crippen molar-refractivity contribution in [2.24, 2.45) is 0 Å². The lowest BCUT2D eigenvalue weighted by molar-refractivity contribution is 0.106. The average Bonchev–Trinajstić information content (AvgIpc) is 3.02. The zero-order valence-electron chi connectivity index (χ0n) is 11.1. The van der Waals surface area contributed by atoms with Crippen molar-refractivity contribution in [3.05, 3.63) is 24.3 Å². The molecule has 2 atom stereocenters. The second-order valence-corrected chi connectivity index (χ2v) is 5.40. The first-order valence-electron chi connectivity index (χ1n) is 6.73. The molecule has 1 saturated carbocycles. The van der Waals surface area contributed by atoms with Crippen LogP contribution >= 0.6 is 11.6 Å². The molecule has 1 aliphatic carbocycles. The molecule has 0 saturated heterocycles. The minimum atomic E-state index is 0.369. The molecule has 19 heavy (non-hydrogen) atoms. The molecule has 4 nitrogen and oxygen atoms in total. The molecule has 0 N–H and O–H groups in total. The van der Waals surface area contributed by atoms with Gasteiger partial charge in [0.15, 0.2) is 0 Å². The number of pyridine rings is 1. The number of fused-ring (bicyclic) bond motifs is 1. The number of aryl methyl sites for hydroxylation is 1. The maximum atomic E-state index is 5.90. The molecule has 2 aromatic heterocycles. The number of ether oxygens (including phenoxy) is 1. The van der Waals surface area contributed by atoms with Gasteiger partial charge in [0.2, 0.25) is 0 Å². The first-order valence-corrected chi connectivity index (χ1v) is 7.26. The molecule has 1 fully saturated rings. The molecule has 2 unspecified atom stereocenters. The summed E-state index contributed by atoms with van der Waals surface area (Å²) in [5.41, 5.74) is 2.13. The second-order valence-electron chi connectivity index (χ2n) is 5.03. The Bertz CT molecular complexity index is 569. The Morgan fingerprint density at radius 1 is 1.47 bits per heavy atom. The van der Waals surface area contributed by atoms with Crippen LogP contribution in [0.15, 0.2) is 18.5 Å². The maximum absolute atomic E-state index is 5.90. The number of methoxy groups -OCH3 is 1. The summed E-state index contributed by atoms with van der Waals surface area (Å²) in [6.07, 6.45) is 8.13. The number of hydrogen-bond acceptors (Lipinski definition) is 3. The van der Waals surface area contributed by atoms with Gasteiger partial charge in [-0.15, -0.1) is 11.6 Å². The third-order valence-corrected chi connectivity index (χ3v) is 4.13. The Morgan fingerprint density at radius 3 is 3.11 bits per heavy atom. The van der Waals surface area contributed by atoms with Crippen LogP contribution in [0.2, 0.25) is 0 Å². The van der Waals surface area contributed by atoms with Gasteiger partial charge >= 0.3 is 0 Å². The van der Waals surface area contributed by atoms with Crippen LogP contribution in [0.3, 0.4) is 0 Å². The van der Waals surface area contributed by atoms with E-state index in [9.17, 15) is 0 Å². The highest BCUT2D eigenvalue weighted by Crippen LogP contribution is 2.35. The number of aromatic nitrogens is 3. The molecular weight excluding hydrogens is 262 g/mol. The highest BCUT2D eigenvalue weighted by atomic mass is 35.5. The van der Waals surface area contributed by atoms with Crippen LogP contribution in [0.5, 0.6) is 0 Å². The fourth-order valence-electron chi connectivity index (χ4n) is 3.03. The third-order valence-electron chi connectivity index (χ3n) is 3.94. The molecule has 0 aromatic carbocycles. The van der Waals surface area contributed by atoms with E-state index in [0.29, 0.717) is 18.0 Å². The quantitative estimate of drug-likeness (QED) is 0.808. The lowest BCUT2D eigenvalue weighted by Gasteiger charge is -2.16. The third kappa shape index (κ3) is 2.35. The van der Waals surface area contributed by atoms with Gasteiger partial charge < -0.3 is 9.30 Å². The summed E-state index contributed by atoms with van der Waals surface area (Å²) in [7, 11) is 1.79. The summed E-state index contributed by atoms with van der Waals surface area (Å²) in [6.45, 7) is 0. The Labute approximate surface area is 117 Å². The molecule has 102 valence electrons. The SMILES string of the molecule is COC1CCC(n2c(CCCl)nc3cnccc32)C1. The zero-order chi connectivity index (χ0) is 13.2. The van der Waals surface area contributed by atoms with Crippen molar-refractivity contribution >= 4 is 22.6 Å². The van der Waals surface area contributed by atoms with E-state index in [-0.39, 0.29) is 0 Å². The van der Waals surface area contributed by atoms with Gasteiger partial charge in [0, 0.05) is 31.6 Å². The number of hydrogen-bond donors (Lipinski definition) is 0. The minimum absolute atomic E-state index is 0.369. The van der Waals surface area contributed by atoms with Gasteiger partial charge in [0.25, 0.3) is 0 Å². The molecule has 2 heterocycles. The minimum Gasteiger partial charge on any atom is -0.381 e. The van der Waals surface area contributed by atoms with Gasteiger partial charge in [-0.05, 0) is 25.3 Å². The summed E-state index contributed by atoms with van der Waals surface area (Å²) in [4.78, 5) is 8.82. The summed E-state index contributed by atoms with van der Waals surface area (Å²) in [6, 6.07) is 2.51. The first-order chi connectivity index (χ1) is 9.33. The van der Waals surface area contributed by atoms with Crippen molar-refractivity contribution in [3.63, 3.8) is 0 Å². The van der Waals surface area contributed by atoms with Crippen LogP contribution in [0, 0.1) is 0 Å². The lowest BCUT2D eigenvalue weighted by Crippen LogP contribution is -2.12. The van der Waals surface area contributed by atoms with E-state index in [1.54, 1.807) is 7.11 Å². The van der Waals surface area contributed by atoms with Crippen LogP contribution in [0.1, 0.15) is 31.1 Å². The summed E-state index contributed by atoms with van der Waals surface area (Å²) < 4.78 is 7.82. The molecule has 0 radical (unpaired) electrons. The number of rotatable bonds is 4. The fraction of sp³-hybridized carbons (Fsp3) is 0.571. The molecule has 5 heteroatoms. The van der Waals surface area contributed by atoms with E-state index >= 15 is 0 Å². The van der Waals surface area contributed by atoms with Crippen molar-refractivity contribution in [3.8, 4) is 0 Å². The van der Waals surface area contributed by atoms with Crippen LogP contribution < -0.4 is 0 Å². The standard InChI is InChI=1S/C14H18ClN3O/c1-19-11-3-2-10(8-11)18-13-5-7-16-9-12(13)17-14(18)4-6-15/h5,7,9-11H,2-4,6,8H2,1H3. The normalized spacial score (nSPS) is 23.3. The van der Waals surface area contributed by atoms with Crippen LogP contribution in [0.25, 0.3) is 11.0 Å². The molecule has 2 aromatic rings. The predicted octanol–water partition coefficient (Wildman–Crippen LogP) is 2.95. The van der Waals surface area contributed by atoms with Crippen LogP contribution in [0.4, 0.5) is 0 Å². The summed E-state index contributed by atoms with van der Waals surface area (Å²) in [5.74, 6) is 1.66. The Morgan fingerprint density at radius 2 is 2.37 bits per heavy atom. The number of nitrogens with zero attached hydrogens (tertiary/aromatic N) is 3. The van der Waals surface area contributed by atoms with E-state index < -0.39 is 0 Å². The van der Waals surface area contributed by atoms with Gasteiger partial charge in [-0.3, -0.25) is 4.98 Å². The van der Waals surface area contributed by atoms with Crippen molar-refractivity contribution in [1.29, 1.82) is 0 Å². The molecule has 3 rings (SSSR count). The molecule has 1 aliphatic rings. The fourth-order valence-corrected chi connectivity index (χ4v) is 3.20. The maximum Gasteiger partial charge on any atom is 0.111 e. The smallest absolute Gasteiger partial charge is 0.111 e. The van der Waals surface area contributed by atoms with Gasteiger partial charge in [-0.2, -0.15) is 0 Å². The zero-order valence-corrected chi connectivity index (χ0v) is 11.8.